The Balaban J connectivity index is 1.64. The highest BCUT2D eigenvalue weighted by Crippen LogP contribution is 2.25. The van der Waals surface area contributed by atoms with Crippen molar-refractivity contribution in [3.05, 3.63) is 57.8 Å². The molecule has 0 aliphatic heterocycles. The molecule has 0 saturated carbocycles. The van der Waals surface area contributed by atoms with Crippen LogP contribution in [0.15, 0.2) is 41.8 Å². The molecule has 0 spiro atoms. The van der Waals surface area contributed by atoms with Gasteiger partial charge in [-0.25, -0.2) is 0 Å². The van der Waals surface area contributed by atoms with Crippen LogP contribution >= 0.6 is 11.3 Å². The number of nitrogens with zero attached hydrogens (tertiary/aromatic N) is 1. The van der Waals surface area contributed by atoms with Crippen LogP contribution in [0.1, 0.15) is 35.8 Å². The second-order valence-electron chi connectivity index (χ2n) is 6.03. The Morgan fingerprint density at radius 1 is 1.10 bits per heavy atom. The van der Waals surface area contributed by atoms with Gasteiger partial charge in [-0.3, -0.25) is 4.90 Å². The standard InChI is InChI=1S/C19H25NS/c1-2-12-20(13-11-19-8-5-14-21-19)18-10-9-16-6-3-4-7-17(16)15-18/h3-8,14,18H,2,9-13,15H2,1H3. The van der Waals surface area contributed by atoms with Crippen molar-refractivity contribution < 1.29 is 0 Å². The second-order valence-corrected chi connectivity index (χ2v) is 7.06. The smallest absolute Gasteiger partial charge is 0.0139 e. The van der Waals surface area contributed by atoms with Gasteiger partial charge in [0.2, 0.25) is 0 Å². The Hall–Kier alpha value is -1.12. The summed E-state index contributed by atoms with van der Waals surface area (Å²) >= 11 is 1.89. The zero-order valence-electron chi connectivity index (χ0n) is 12.9. The summed E-state index contributed by atoms with van der Waals surface area (Å²) in [4.78, 5) is 4.25. The van der Waals surface area contributed by atoms with Crippen LogP contribution in [0.4, 0.5) is 0 Å². The zero-order valence-corrected chi connectivity index (χ0v) is 13.7. The van der Waals surface area contributed by atoms with Crippen molar-refractivity contribution in [1.29, 1.82) is 0 Å². The molecule has 0 bridgehead atoms. The van der Waals surface area contributed by atoms with Crippen LogP contribution in [0.2, 0.25) is 0 Å². The summed E-state index contributed by atoms with van der Waals surface area (Å²) < 4.78 is 0. The lowest BCUT2D eigenvalue weighted by Crippen LogP contribution is -2.41. The predicted molar refractivity (Wildman–Crippen MR) is 92.1 cm³/mol. The molecule has 1 aromatic heterocycles. The third-order valence-corrected chi connectivity index (χ3v) is 5.51. The van der Waals surface area contributed by atoms with E-state index in [0.29, 0.717) is 0 Å². The third-order valence-electron chi connectivity index (χ3n) is 4.57. The second kappa shape index (κ2) is 7.24. The lowest BCUT2D eigenvalue weighted by molar-refractivity contribution is 0.182. The highest BCUT2D eigenvalue weighted by atomic mass is 32.1. The van der Waals surface area contributed by atoms with Crippen molar-refractivity contribution in [3.63, 3.8) is 0 Å². The largest absolute Gasteiger partial charge is 0.300 e. The van der Waals surface area contributed by atoms with E-state index in [1.54, 1.807) is 11.1 Å². The molecule has 2 heteroatoms. The van der Waals surface area contributed by atoms with E-state index in [4.69, 9.17) is 0 Å². The van der Waals surface area contributed by atoms with Crippen molar-refractivity contribution in [1.82, 2.24) is 4.90 Å². The Morgan fingerprint density at radius 3 is 2.71 bits per heavy atom. The first-order valence-corrected chi connectivity index (χ1v) is 9.08. The number of thiophene rings is 1. The average Bonchev–Trinajstić information content (AvgIpc) is 3.04. The lowest BCUT2D eigenvalue weighted by atomic mass is 9.87. The van der Waals surface area contributed by atoms with E-state index in [9.17, 15) is 0 Å². The molecule has 1 nitrogen and oxygen atoms in total. The number of hydrogen-bond donors (Lipinski definition) is 0. The number of benzene rings is 1. The maximum absolute atomic E-state index is 2.73. The maximum atomic E-state index is 2.73. The SMILES string of the molecule is CCCN(CCc1cccs1)C1CCc2ccccc2C1. The number of rotatable bonds is 6. The number of aryl methyl sites for hydroxylation is 1. The number of fused-ring (bicyclic) bond motifs is 1. The van der Waals surface area contributed by atoms with E-state index in [-0.39, 0.29) is 0 Å². The first kappa shape index (κ1) is 14.8. The van der Waals surface area contributed by atoms with Crippen molar-refractivity contribution in [2.75, 3.05) is 13.1 Å². The predicted octanol–water partition coefficient (Wildman–Crippen LogP) is 4.56. The topological polar surface area (TPSA) is 3.24 Å². The molecule has 1 heterocycles. The molecule has 3 rings (SSSR count). The highest BCUT2D eigenvalue weighted by molar-refractivity contribution is 7.09. The van der Waals surface area contributed by atoms with Gasteiger partial charge in [-0.15, -0.1) is 11.3 Å². The maximum Gasteiger partial charge on any atom is 0.0139 e. The summed E-state index contributed by atoms with van der Waals surface area (Å²) in [6.45, 7) is 4.74. The van der Waals surface area contributed by atoms with E-state index in [0.717, 1.165) is 6.04 Å². The van der Waals surface area contributed by atoms with Crippen molar-refractivity contribution in [2.45, 2.75) is 45.1 Å². The molecular formula is C19H25NS. The molecule has 21 heavy (non-hydrogen) atoms. The van der Waals surface area contributed by atoms with Crippen LogP contribution in [0, 0.1) is 0 Å². The van der Waals surface area contributed by atoms with Gasteiger partial charge in [0, 0.05) is 17.5 Å². The van der Waals surface area contributed by atoms with Crippen molar-refractivity contribution in [2.24, 2.45) is 0 Å². The van der Waals surface area contributed by atoms with Gasteiger partial charge in [-0.1, -0.05) is 37.3 Å². The summed E-state index contributed by atoms with van der Waals surface area (Å²) in [5.41, 5.74) is 3.15. The van der Waals surface area contributed by atoms with Gasteiger partial charge in [0.05, 0.1) is 0 Å². The molecule has 0 saturated heterocycles. The van der Waals surface area contributed by atoms with E-state index in [2.05, 4.69) is 53.6 Å². The fourth-order valence-corrected chi connectivity index (χ4v) is 4.16. The van der Waals surface area contributed by atoms with Crippen LogP contribution in [0.25, 0.3) is 0 Å². The molecule has 0 amide bonds. The third kappa shape index (κ3) is 3.75. The summed E-state index contributed by atoms with van der Waals surface area (Å²) in [6, 6.07) is 14.2. The fourth-order valence-electron chi connectivity index (χ4n) is 3.46. The fraction of sp³-hybridized carbons (Fsp3) is 0.474. The molecular weight excluding hydrogens is 274 g/mol. The first-order chi connectivity index (χ1) is 10.4. The van der Waals surface area contributed by atoms with Gasteiger partial charge in [-0.05, 0) is 61.2 Å². The zero-order chi connectivity index (χ0) is 14.5. The highest BCUT2D eigenvalue weighted by Gasteiger charge is 2.23. The van der Waals surface area contributed by atoms with Crippen LogP contribution in [0.5, 0.6) is 0 Å². The molecule has 0 fully saturated rings. The Morgan fingerprint density at radius 2 is 1.95 bits per heavy atom. The summed E-state index contributed by atoms with van der Waals surface area (Å²) in [7, 11) is 0. The van der Waals surface area contributed by atoms with E-state index in [1.165, 1.54) is 50.1 Å². The Bertz CT molecular complexity index is 546. The van der Waals surface area contributed by atoms with Crippen LogP contribution in [-0.2, 0) is 19.3 Å². The first-order valence-electron chi connectivity index (χ1n) is 8.20. The van der Waals surface area contributed by atoms with Gasteiger partial charge in [-0.2, -0.15) is 0 Å². The molecule has 1 aliphatic rings. The number of hydrogen-bond acceptors (Lipinski definition) is 2. The summed E-state index contributed by atoms with van der Waals surface area (Å²) in [5.74, 6) is 0. The molecule has 1 aromatic carbocycles. The van der Waals surface area contributed by atoms with Gasteiger partial charge in [0.15, 0.2) is 0 Å². The van der Waals surface area contributed by atoms with Gasteiger partial charge in [0.1, 0.15) is 0 Å². The van der Waals surface area contributed by atoms with Crippen LogP contribution in [-0.4, -0.2) is 24.0 Å². The van der Waals surface area contributed by atoms with Crippen LogP contribution < -0.4 is 0 Å². The minimum absolute atomic E-state index is 0.736. The molecule has 0 N–H and O–H groups in total. The monoisotopic (exact) mass is 299 g/mol. The summed E-state index contributed by atoms with van der Waals surface area (Å²) in [6.07, 6.45) is 6.26. The summed E-state index contributed by atoms with van der Waals surface area (Å²) in [5, 5.41) is 2.19. The molecule has 1 unspecified atom stereocenters. The van der Waals surface area contributed by atoms with Gasteiger partial charge in [0.25, 0.3) is 0 Å². The van der Waals surface area contributed by atoms with E-state index in [1.807, 2.05) is 11.3 Å². The average molecular weight is 299 g/mol. The Labute approximate surface area is 132 Å². The molecule has 112 valence electrons. The van der Waals surface area contributed by atoms with E-state index >= 15 is 0 Å². The normalized spacial score (nSPS) is 17.9. The minimum Gasteiger partial charge on any atom is -0.300 e. The molecule has 1 aliphatic carbocycles. The minimum atomic E-state index is 0.736. The van der Waals surface area contributed by atoms with Gasteiger partial charge < -0.3 is 0 Å². The molecule has 1 atom stereocenters. The Kier molecular flexibility index (Phi) is 5.10. The van der Waals surface area contributed by atoms with Crippen LogP contribution in [0.3, 0.4) is 0 Å². The van der Waals surface area contributed by atoms with Crippen molar-refractivity contribution >= 4 is 11.3 Å². The lowest BCUT2D eigenvalue weighted by Gasteiger charge is -2.35. The van der Waals surface area contributed by atoms with Gasteiger partial charge >= 0.3 is 0 Å². The molecule has 0 radical (unpaired) electrons. The van der Waals surface area contributed by atoms with E-state index < -0.39 is 0 Å². The van der Waals surface area contributed by atoms with Crippen molar-refractivity contribution in [3.8, 4) is 0 Å². The molecule has 2 aromatic rings. The quantitative estimate of drug-likeness (QED) is 0.756.